The Morgan fingerprint density at radius 1 is 1.19 bits per heavy atom. The Bertz CT molecular complexity index is 448. The van der Waals surface area contributed by atoms with Crippen LogP contribution >= 0.6 is 0 Å². The molecule has 0 unspecified atom stereocenters. The Hall–Kier alpha value is -1.21. The van der Waals surface area contributed by atoms with E-state index in [0.717, 1.165) is 12.8 Å². The van der Waals surface area contributed by atoms with Gasteiger partial charge in [-0.3, -0.25) is 4.79 Å². The lowest BCUT2D eigenvalue weighted by molar-refractivity contribution is -0.137. The van der Waals surface area contributed by atoms with Gasteiger partial charge in [-0.25, -0.2) is 0 Å². The van der Waals surface area contributed by atoms with Gasteiger partial charge in [0.25, 0.3) is 0 Å². The maximum atomic E-state index is 10.5. The molecule has 1 rings (SSSR count). The van der Waals surface area contributed by atoms with Crippen molar-refractivity contribution in [2.75, 3.05) is 0 Å². The molecule has 1 fully saturated rings. The first-order valence-corrected chi connectivity index (χ1v) is 9.68. The van der Waals surface area contributed by atoms with Crippen molar-refractivity contribution in [3.8, 4) is 0 Å². The van der Waals surface area contributed by atoms with Crippen LogP contribution in [0, 0.1) is 0 Å². The minimum Gasteiger partial charge on any atom is -0.481 e. The zero-order valence-corrected chi connectivity index (χ0v) is 15.7. The number of aliphatic carboxylic acids is 1. The number of allylic oxidation sites excluding steroid dienone is 1. The highest BCUT2D eigenvalue weighted by Gasteiger charge is 2.36. The summed E-state index contributed by atoms with van der Waals surface area (Å²) in [5.74, 6) is -0.870. The van der Waals surface area contributed by atoms with Gasteiger partial charge in [0.05, 0.1) is 30.5 Å². The second-order valence-corrected chi connectivity index (χ2v) is 6.95. The van der Waals surface area contributed by atoms with E-state index < -0.39 is 36.5 Å². The average molecular weight is 370 g/mol. The van der Waals surface area contributed by atoms with Crippen LogP contribution in [0.15, 0.2) is 24.3 Å². The number of aliphatic hydroxyl groups excluding tert-OH is 3. The van der Waals surface area contributed by atoms with E-state index in [0.29, 0.717) is 25.7 Å². The fourth-order valence-corrected chi connectivity index (χ4v) is 3.01. The molecule has 0 aromatic heterocycles. The smallest absolute Gasteiger partial charge is 0.303 e. The molecule has 1 heterocycles. The highest BCUT2D eigenvalue weighted by atomic mass is 16.5. The SMILES string of the molecule is CCCCC/C=C\C[C@@H](O)/C=C\[C@@H](O)[C@H]1C[C@@H](O)[C@@H](CCCC(=O)O)O1. The Morgan fingerprint density at radius 2 is 1.96 bits per heavy atom. The molecule has 0 bridgehead atoms. The Kier molecular flexibility index (Phi) is 11.4. The third-order valence-electron chi connectivity index (χ3n) is 4.56. The summed E-state index contributed by atoms with van der Waals surface area (Å²) in [6, 6.07) is 0. The number of carboxylic acid groups (broad SMARTS) is 1. The van der Waals surface area contributed by atoms with Crippen molar-refractivity contribution in [2.45, 2.75) is 95.2 Å². The van der Waals surface area contributed by atoms with Gasteiger partial charge in [0.15, 0.2) is 0 Å². The summed E-state index contributed by atoms with van der Waals surface area (Å²) < 4.78 is 5.65. The summed E-state index contributed by atoms with van der Waals surface area (Å²) in [4.78, 5) is 10.5. The molecule has 0 spiro atoms. The molecule has 1 aliphatic heterocycles. The Labute approximate surface area is 156 Å². The quantitative estimate of drug-likeness (QED) is 0.293. The van der Waals surface area contributed by atoms with Gasteiger partial charge in [-0.15, -0.1) is 0 Å². The normalized spacial score (nSPS) is 25.9. The zero-order chi connectivity index (χ0) is 19.4. The van der Waals surface area contributed by atoms with Crippen LogP contribution in [0.3, 0.4) is 0 Å². The Balaban J connectivity index is 2.29. The predicted molar refractivity (Wildman–Crippen MR) is 99.8 cm³/mol. The van der Waals surface area contributed by atoms with Gasteiger partial charge in [-0.1, -0.05) is 44.1 Å². The highest BCUT2D eigenvalue weighted by molar-refractivity contribution is 5.66. The number of carboxylic acids is 1. The van der Waals surface area contributed by atoms with Crippen LogP contribution in [0.1, 0.15) is 64.7 Å². The number of hydrogen-bond donors (Lipinski definition) is 4. The fraction of sp³-hybridized carbons (Fsp3) is 0.750. The Morgan fingerprint density at radius 3 is 2.65 bits per heavy atom. The van der Waals surface area contributed by atoms with Crippen molar-refractivity contribution in [3.63, 3.8) is 0 Å². The molecular formula is C20H34O6. The second-order valence-electron chi connectivity index (χ2n) is 6.95. The molecular weight excluding hydrogens is 336 g/mol. The summed E-state index contributed by atoms with van der Waals surface area (Å²) in [7, 11) is 0. The van der Waals surface area contributed by atoms with Crippen LogP contribution in [-0.2, 0) is 9.53 Å². The molecule has 6 nitrogen and oxygen atoms in total. The molecule has 1 aliphatic rings. The van der Waals surface area contributed by atoms with E-state index in [-0.39, 0.29) is 6.42 Å². The molecule has 0 radical (unpaired) electrons. The van der Waals surface area contributed by atoms with Crippen molar-refractivity contribution in [3.05, 3.63) is 24.3 Å². The van der Waals surface area contributed by atoms with E-state index in [2.05, 4.69) is 13.0 Å². The predicted octanol–water partition coefficient (Wildman–Crippen LogP) is 2.56. The van der Waals surface area contributed by atoms with E-state index in [4.69, 9.17) is 9.84 Å². The van der Waals surface area contributed by atoms with Gasteiger partial charge in [-0.2, -0.15) is 0 Å². The first-order valence-electron chi connectivity index (χ1n) is 9.68. The van der Waals surface area contributed by atoms with E-state index in [1.54, 1.807) is 6.08 Å². The number of rotatable bonds is 13. The fourth-order valence-electron chi connectivity index (χ4n) is 3.01. The van der Waals surface area contributed by atoms with Gasteiger partial charge in [0, 0.05) is 12.8 Å². The van der Waals surface area contributed by atoms with Crippen LogP contribution in [0.25, 0.3) is 0 Å². The van der Waals surface area contributed by atoms with Crippen molar-refractivity contribution >= 4 is 5.97 Å². The molecule has 0 aromatic carbocycles. The van der Waals surface area contributed by atoms with Crippen molar-refractivity contribution in [1.82, 2.24) is 0 Å². The zero-order valence-electron chi connectivity index (χ0n) is 15.7. The molecule has 0 aromatic rings. The lowest BCUT2D eigenvalue weighted by atomic mass is 10.0. The van der Waals surface area contributed by atoms with Crippen molar-refractivity contribution in [2.24, 2.45) is 0 Å². The number of hydrogen-bond acceptors (Lipinski definition) is 5. The first-order chi connectivity index (χ1) is 12.4. The van der Waals surface area contributed by atoms with Crippen LogP contribution < -0.4 is 0 Å². The molecule has 150 valence electrons. The number of aliphatic hydroxyl groups is 3. The van der Waals surface area contributed by atoms with E-state index in [9.17, 15) is 20.1 Å². The van der Waals surface area contributed by atoms with E-state index in [1.165, 1.54) is 18.9 Å². The molecule has 1 saturated heterocycles. The summed E-state index contributed by atoms with van der Waals surface area (Å²) in [5.41, 5.74) is 0. The number of ether oxygens (including phenoxy) is 1. The molecule has 0 amide bonds. The van der Waals surface area contributed by atoms with Gasteiger partial charge < -0.3 is 25.2 Å². The van der Waals surface area contributed by atoms with Crippen LogP contribution in [0.4, 0.5) is 0 Å². The van der Waals surface area contributed by atoms with E-state index in [1.807, 2.05) is 6.08 Å². The summed E-state index contributed by atoms with van der Waals surface area (Å²) in [5, 5.41) is 38.7. The monoisotopic (exact) mass is 370 g/mol. The lowest BCUT2D eigenvalue weighted by Crippen LogP contribution is -2.25. The third kappa shape index (κ3) is 9.48. The van der Waals surface area contributed by atoms with Gasteiger partial charge in [0.2, 0.25) is 0 Å². The molecule has 6 heteroatoms. The minimum absolute atomic E-state index is 0.0395. The van der Waals surface area contributed by atoms with Gasteiger partial charge in [0.1, 0.15) is 0 Å². The topological polar surface area (TPSA) is 107 Å². The molecule has 5 atom stereocenters. The standard InChI is InChI=1S/C20H34O6/c1-2-3-4-5-6-7-9-15(21)12-13-16(22)19-14-17(23)18(26-19)10-8-11-20(24)25/h6-7,12-13,15-19,21-23H,2-5,8-11,14H2,1H3,(H,24,25)/b7-6-,13-12-/t15-,16-,17-,18-,19-/m1/s1. The van der Waals surface area contributed by atoms with Gasteiger partial charge >= 0.3 is 5.97 Å². The maximum Gasteiger partial charge on any atom is 0.303 e. The van der Waals surface area contributed by atoms with Crippen LogP contribution in [0.2, 0.25) is 0 Å². The molecule has 0 aliphatic carbocycles. The maximum absolute atomic E-state index is 10.5. The summed E-state index contributed by atoms with van der Waals surface area (Å²) in [6.07, 6.45) is 10.1. The van der Waals surface area contributed by atoms with Gasteiger partial charge in [-0.05, 0) is 32.1 Å². The molecule has 4 N–H and O–H groups in total. The second kappa shape index (κ2) is 13.0. The molecule has 0 saturated carbocycles. The summed E-state index contributed by atoms with van der Waals surface area (Å²) >= 11 is 0. The van der Waals surface area contributed by atoms with Crippen molar-refractivity contribution in [1.29, 1.82) is 0 Å². The number of carbonyl (C=O) groups is 1. The lowest BCUT2D eigenvalue weighted by Gasteiger charge is -2.17. The number of unbranched alkanes of at least 4 members (excludes halogenated alkanes) is 3. The third-order valence-corrected chi connectivity index (χ3v) is 4.56. The largest absolute Gasteiger partial charge is 0.481 e. The van der Waals surface area contributed by atoms with Crippen molar-refractivity contribution < 1.29 is 30.0 Å². The van der Waals surface area contributed by atoms with E-state index >= 15 is 0 Å². The van der Waals surface area contributed by atoms with Crippen LogP contribution in [-0.4, -0.2) is 56.9 Å². The first kappa shape index (κ1) is 22.8. The van der Waals surface area contributed by atoms with Crippen LogP contribution in [0.5, 0.6) is 0 Å². The molecule has 26 heavy (non-hydrogen) atoms. The highest BCUT2D eigenvalue weighted by Crippen LogP contribution is 2.27. The summed E-state index contributed by atoms with van der Waals surface area (Å²) in [6.45, 7) is 2.16. The minimum atomic E-state index is -0.905. The average Bonchev–Trinajstić information content (AvgIpc) is 2.96.